The van der Waals surface area contributed by atoms with Crippen LogP contribution < -0.4 is 5.73 Å². The number of ether oxygens (including phenoxy) is 1. The Balaban J connectivity index is 3.72. The maximum absolute atomic E-state index is 11.2. The third-order valence-electron chi connectivity index (χ3n) is 1.26. The van der Waals surface area contributed by atoms with Gasteiger partial charge in [0.1, 0.15) is 11.1 Å². The van der Waals surface area contributed by atoms with Crippen LogP contribution in [0.5, 0.6) is 0 Å². The van der Waals surface area contributed by atoms with Crippen LogP contribution in [-0.2, 0) is 9.53 Å². The van der Waals surface area contributed by atoms with Crippen LogP contribution in [0.15, 0.2) is 0 Å². The summed E-state index contributed by atoms with van der Waals surface area (Å²) in [5, 5.41) is -0.0708. The molecule has 2 atom stereocenters. The first-order chi connectivity index (χ1) is 5.45. The van der Waals surface area contributed by atoms with Crippen molar-refractivity contribution in [1.82, 2.24) is 4.90 Å². The van der Waals surface area contributed by atoms with Crippen molar-refractivity contribution in [1.29, 1.82) is 0 Å². The van der Waals surface area contributed by atoms with Gasteiger partial charge in [-0.25, -0.2) is 0 Å². The van der Waals surface area contributed by atoms with E-state index in [1.807, 2.05) is 6.92 Å². The molecule has 0 aromatic heterocycles. The van der Waals surface area contributed by atoms with Crippen molar-refractivity contribution in [2.24, 2.45) is 5.73 Å². The molecule has 12 heavy (non-hydrogen) atoms. The van der Waals surface area contributed by atoms with Crippen LogP contribution in [0.25, 0.3) is 0 Å². The molecule has 0 spiro atoms. The molecule has 0 saturated heterocycles. The lowest BCUT2D eigenvalue weighted by molar-refractivity contribution is -0.131. The van der Waals surface area contributed by atoms with Gasteiger partial charge in [-0.3, -0.25) is 4.79 Å². The molecular weight excluding hydrogens is 224 g/mol. The van der Waals surface area contributed by atoms with Crippen LogP contribution in [0.1, 0.15) is 6.92 Å². The molecular formula is C7H15BrN2O2. The first-order valence-electron chi connectivity index (χ1n) is 3.67. The molecule has 0 aliphatic heterocycles. The molecule has 0 heterocycles. The van der Waals surface area contributed by atoms with Crippen molar-refractivity contribution in [3.63, 3.8) is 0 Å². The van der Waals surface area contributed by atoms with E-state index >= 15 is 0 Å². The lowest BCUT2D eigenvalue weighted by Crippen LogP contribution is -2.43. The summed E-state index contributed by atoms with van der Waals surface area (Å²) in [6, 6.07) is -0.569. The number of amides is 1. The number of halogens is 1. The Kier molecular flexibility index (Phi) is 5.44. The smallest absolute Gasteiger partial charge is 0.241 e. The average molecular weight is 239 g/mol. The van der Waals surface area contributed by atoms with Crippen molar-refractivity contribution < 1.29 is 9.53 Å². The molecule has 5 heteroatoms. The number of rotatable bonds is 4. The summed E-state index contributed by atoms with van der Waals surface area (Å²) in [5.41, 5.74) is 5.53. The van der Waals surface area contributed by atoms with E-state index in [-0.39, 0.29) is 17.5 Å². The standard InChI is InChI=1S/C7H15BrN2O2/c1-5(8)12-4-6(9)7(11)10(2)3/h5-6H,4,9H2,1-3H3/t5?,6-/m0/s1. The highest BCUT2D eigenvalue weighted by Gasteiger charge is 2.15. The average Bonchev–Trinajstić information content (AvgIpc) is 1.98. The summed E-state index contributed by atoms with van der Waals surface area (Å²) in [7, 11) is 3.33. The Morgan fingerprint density at radius 1 is 1.67 bits per heavy atom. The fourth-order valence-electron chi connectivity index (χ4n) is 0.639. The molecule has 1 amide bonds. The van der Waals surface area contributed by atoms with Gasteiger partial charge in [-0.05, 0) is 6.92 Å². The van der Waals surface area contributed by atoms with E-state index in [9.17, 15) is 4.79 Å². The summed E-state index contributed by atoms with van der Waals surface area (Å²) in [5.74, 6) is -0.122. The van der Waals surface area contributed by atoms with Crippen LogP contribution in [0, 0.1) is 0 Å². The minimum atomic E-state index is -0.569. The number of carbonyl (C=O) groups is 1. The minimum Gasteiger partial charge on any atom is -0.365 e. The zero-order valence-corrected chi connectivity index (χ0v) is 9.17. The van der Waals surface area contributed by atoms with E-state index in [1.54, 1.807) is 14.1 Å². The molecule has 4 nitrogen and oxygen atoms in total. The van der Waals surface area contributed by atoms with Crippen molar-refractivity contribution in [2.45, 2.75) is 18.0 Å². The molecule has 0 saturated carbocycles. The van der Waals surface area contributed by atoms with E-state index in [4.69, 9.17) is 10.5 Å². The summed E-state index contributed by atoms with van der Waals surface area (Å²) in [6.07, 6.45) is 0. The van der Waals surface area contributed by atoms with E-state index in [0.29, 0.717) is 0 Å². The zero-order chi connectivity index (χ0) is 9.72. The predicted molar refractivity (Wildman–Crippen MR) is 51.0 cm³/mol. The highest BCUT2D eigenvalue weighted by Crippen LogP contribution is 2.00. The number of likely N-dealkylation sites (N-methyl/N-ethyl adjacent to an activating group) is 1. The van der Waals surface area contributed by atoms with Crippen LogP contribution in [0.3, 0.4) is 0 Å². The van der Waals surface area contributed by atoms with Gasteiger partial charge >= 0.3 is 0 Å². The number of alkyl halides is 1. The normalized spacial score (nSPS) is 15.4. The van der Waals surface area contributed by atoms with Gasteiger partial charge in [0, 0.05) is 14.1 Å². The second kappa shape index (κ2) is 5.50. The first kappa shape index (κ1) is 11.9. The van der Waals surface area contributed by atoms with Crippen molar-refractivity contribution in [3.8, 4) is 0 Å². The Morgan fingerprint density at radius 3 is 2.50 bits per heavy atom. The van der Waals surface area contributed by atoms with Gasteiger partial charge in [0.15, 0.2) is 0 Å². The minimum absolute atomic E-state index is 0.0708. The molecule has 0 aliphatic carbocycles. The molecule has 0 bridgehead atoms. The van der Waals surface area contributed by atoms with Crippen molar-refractivity contribution >= 4 is 21.8 Å². The highest BCUT2D eigenvalue weighted by atomic mass is 79.9. The molecule has 0 aliphatic rings. The Labute approximate surface area is 81.2 Å². The first-order valence-corrected chi connectivity index (χ1v) is 4.59. The van der Waals surface area contributed by atoms with E-state index < -0.39 is 6.04 Å². The van der Waals surface area contributed by atoms with Gasteiger partial charge in [-0.2, -0.15) is 0 Å². The molecule has 0 fully saturated rings. The van der Waals surface area contributed by atoms with Crippen molar-refractivity contribution in [3.05, 3.63) is 0 Å². The van der Waals surface area contributed by atoms with E-state index in [0.717, 1.165) is 0 Å². The van der Waals surface area contributed by atoms with Gasteiger partial charge in [-0.1, -0.05) is 15.9 Å². The van der Waals surface area contributed by atoms with Crippen LogP contribution in [0.2, 0.25) is 0 Å². The Hall–Kier alpha value is -0.130. The monoisotopic (exact) mass is 238 g/mol. The quantitative estimate of drug-likeness (QED) is 0.711. The maximum Gasteiger partial charge on any atom is 0.241 e. The van der Waals surface area contributed by atoms with Crippen LogP contribution in [0.4, 0.5) is 0 Å². The van der Waals surface area contributed by atoms with E-state index in [2.05, 4.69) is 15.9 Å². The maximum atomic E-state index is 11.2. The Morgan fingerprint density at radius 2 is 2.17 bits per heavy atom. The van der Waals surface area contributed by atoms with Gasteiger partial charge in [0.2, 0.25) is 5.91 Å². The summed E-state index contributed by atoms with van der Waals surface area (Å²) >= 11 is 3.19. The van der Waals surface area contributed by atoms with Gasteiger partial charge in [0.25, 0.3) is 0 Å². The van der Waals surface area contributed by atoms with Gasteiger partial charge in [0.05, 0.1) is 6.61 Å². The number of nitrogens with zero attached hydrogens (tertiary/aromatic N) is 1. The molecule has 0 aromatic rings. The number of hydrogen-bond acceptors (Lipinski definition) is 3. The number of hydrogen-bond donors (Lipinski definition) is 1. The van der Waals surface area contributed by atoms with Crippen LogP contribution >= 0.6 is 15.9 Å². The summed E-state index contributed by atoms with van der Waals surface area (Å²) < 4.78 is 5.12. The summed E-state index contributed by atoms with van der Waals surface area (Å²) in [6.45, 7) is 2.07. The zero-order valence-electron chi connectivity index (χ0n) is 7.58. The molecule has 1 unspecified atom stereocenters. The van der Waals surface area contributed by atoms with Gasteiger partial charge < -0.3 is 15.4 Å². The van der Waals surface area contributed by atoms with Crippen molar-refractivity contribution in [2.75, 3.05) is 20.7 Å². The van der Waals surface area contributed by atoms with E-state index in [1.165, 1.54) is 4.90 Å². The molecule has 0 aromatic carbocycles. The van der Waals surface area contributed by atoms with Crippen LogP contribution in [-0.4, -0.2) is 42.6 Å². The number of carbonyl (C=O) groups excluding carboxylic acids is 1. The summed E-state index contributed by atoms with van der Waals surface area (Å²) in [4.78, 5) is 12.6. The lowest BCUT2D eigenvalue weighted by atomic mass is 10.3. The second-order valence-electron chi connectivity index (χ2n) is 2.72. The molecule has 0 rings (SSSR count). The third kappa shape index (κ3) is 4.69. The lowest BCUT2D eigenvalue weighted by Gasteiger charge is -2.17. The fraction of sp³-hybridized carbons (Fsp3) is 0.857. The topological polar surface area (TPSA) is 55.6 Å². The molecule has 2 N–H and O–H groups in total. The highest BCUT2D eigenvalue weighted by molar-refractivity contribution is 9.09. The number of nitrogens with two attached hydrogens (primary N) is 1. The fourth-order valence-corrected chi connectivity index (χ4v) is 0.792. The molecule has 72 valence electrons. The third-order valence-corrected chi connectivity index (χ3v) is 1.53. The largest absolute Gasteiger partial charge is 0.365 e. The second-order valence-corrected chi connectivity index (χ2v) is 4.00. The SMILES string of the molecule is CC(Br)OC[C@H](N)C(=O)N(C)C. The molecule has 0 radical (unpaired) electrons. The predicted octanol–water partition coefficient (Wildman–Crippen LogP) is 0.159. The Bertz CT molecular complexity index is 150. The van der Waals surface area contributed by atoms with Gasteiger partial charge in [-0.15, -0.1) is 0 Å².